The molecule has 0 saturated heterocycles. The summed E-state index contributed by atoms with van der Waals surface area (Å²) in [7, 11) is 0. The standard InChI is InChI=1S/C24H19GeNO/c25-19-5-7-20(8-6-19)26-14-27-13-18-11-17-10-16-9-15-3-1-2-4-21(15)22(16)12-23(17)24(18)26/h1-10,12-13H,11,14H2,25H3. The van der Waals surface area contributed by atoms with Crippen molar-refractivity contribution in [2.75, 3.05) is 11.6 Å². The third-order valence-electron chi connectivity index (χ3n) is 5.82. The van der Waals surface area contributed by atoms with Crippen LogP contribution in [-0.4, -0.2) is 23.2 Å². The minimum atomic E-state index is 0.572. The third kappa shape index (κ3) is 2.26. The van der Waals surface area contributed by atoms with Crippen molar-refractivity contribution in [3.63, 3.8) is 0 Å². The summed E-state index contributed by atoms with van der Waals surface area (Å²) in [6, 6.07) is 22.4. The SMILES string of the molecule is [GeH3][c]1ccc(N2COC=C3Cc4cc5c(cc4=C32)-c2ccccc2C=5)cc1. The van der Waals surface area contributed by atoms with E-state index in [0.29, 0.717) is 23.2 Å². The maximum atomic E-state index is 5.82. The van der Waals surface area contributed by atoms with Crippen LogP contribution >= 0.6 is 0 Å². The van der Waals surface area contributed by atoms with Crippen LogP contribution in [0, 0.1) is 0 Å². The average Bonchev–Trinajstić information content (AvgIpc) is 3.24. The van der Waals surface area contributed by atoms with Gasteiger partial charge in [-0.3, -0.25) is 0 Å². The second kappa shape index (κ2) is 5.64. The number of hydrogen-bond donors (Lipinski definition) is 0. The van der Waals surface area contributed by atoms with Crippen LogP contribution in [0.15, 0.2) is 72.5 Å². The molecule has 6 rings (SSSR count). The van der Waals surface area contributed by atoms with Crippen LogP contribution in [0.25, 0.3) is 22.9 Å². The normalized spacial score (nSPS) is 16.1. The fourth-order valence-corrected chi connectivity index (χ4v) is 5.20. The number of benzene rings is 3. The van der Waals surface area contributed by atoms with Gasteiger partial charge in [-0.1, -0.05) is 6.07 Å². The molecule has 2 nitrogen and oxygen atoms in total. The molecule has 1 heterocycles. The molecular formula is C24H19GeNO. The Labute approximate surface area is 166 Å². The van der Waals surface area contributed by atoms with E-state index in [1.807, 2.05) is 6.26 Å². The van der Waals surface area contributed by atoms with Gasteiger partial charge in [0, 0.05) is 0 Å². The Morgan fingerprint density at radius 2 is 1.78 bits per heavy atom. The summed E-state index contributed by atoms with van der Waals surface area (Å²) in [6.45, 7) is 0.572. The first-order valence-electron chi connectivity index (χ1n) is 9.41. The van der Waals surface area contributed by atoms with Crippen molar-refractivity contribution < 1.29 is 4.74 Å². The van der Waals surface area contributed by atoms with Gasteiger partial charge in [0.15, 0.2) is 0 Å². The molecular weight excluding hydrogens is 391 g/mol. The summed E-state index contributed by atoms with van der Waals surface area (Å²) < 4.78 is 7.28. The number of nitrogens with zero attached hydrogens (tertiary/aromatic N) is 1. The summed E-state index contributed by atoms with van der Waals surface area (Å²) in [5, 5.41) is 2.69. The molecule has 0 spiro atoms. The van der Waals surface area contributed by atoms with Gasteiger partial charge in [0.05, 0.1) is 0 Å². The van der Waals surface area contributed by atoms with Crippen LogP contribution in [0.2, 0.25) is 0 Å². The van der Waals surface area contributed by atoms with E-state index in [4.69, 9.17) is 4.74 Å². The molecule has 0 aromatic heterocycles. The van der Waals surface area contributed by atoms with Crippen LogP contribution in [-0.2, 0) is 11.2 Å². The zero-order valence-corrected chi connectivity index (χ0v) is 19.4. The van der Waals surface area contributed by atoms with Gasteiger partial charge in [0.2, 0.25) is 0 Å². The first-order chi connectivity index (χ1) is 13.3. The predicted octanol–water partition coefficient (Wildman–Crippen LogP) is 1.53. The second-order valence-corrected chi connectivity index (χ2v) is 9.98. The molecule has 0 saturated carbocycles. The van der Waals surface area contributed by atoms with Crippen LogP contribution < -0.4 is 19.7 Å². The van der Waals surface area contributed by atoms with E-state index in [0.717, 1.165) is 6.42 Å². The van der Waals surface area contributed by atoms with Gasteiger partial charge < -0.3 is 0 Å². The molecule has 3 aromatic carbocycles. The van der Waals surface area contributed by atoms with Gasteiger partial charge >= 0.3 is 160 Å². The molecule has 1 aliphatic heterocycles. The fourth-order valence-electron chi connectivity index (χ4n) is 4.50. The van der Waals surface area contributed by atoms with Gasteiger partial charge in [-0.05, 0) is 0 Å². The number of fused-ring (bicyclic) bond motifs is 5. The van der Waals surface area contributed by atoms with Crippen molar-refractivity contribution in [1.29, 1.82) is 0 Å². The van der Waals surface area contributed by atoms with Crippen LogP contribution in [0.4, 0.5) is 5.69 Å². The molecule has 0 unspecified atom stereocenters. The summed E-state index contributed by atoms with van der Waals surface area (Å²) in [6.07, 6.45) is 5.21. The summed E-state index contributed by atoms with van der Waals surface area (Å²) in [4.78, 5) is 2.32. The monoisotopic (exact) mass is 411 g/mol. The first-order valence-corrected chi connectivity index (χ1v) is 11.5. The average molecular weight is 410 g/mol. The van der Waals surface area contributed by atoms with Crippen LogP contribution in [0.3, 0.4) is 0 Å². The van der Waals surface area contributed by atoms with Crippen molar-refractivity contribution in [2.24, 2.45) is 0 Å². The molecule has 2 aliphatic carbocycles. The van der Waals surface area contributed by atoms with Crippen molar-refractivity contribution in [2.45, 2.75) is 6.42 Å². The second-order valence-electron chi connectivity index (χ2n) is 7.56. The number of anilines is 1. The molecule has 3 heteroatoms. The zero-order valence-electron chi connectivity index (χ0n) is 15.2. The van der Waals surface area contributed by atoms with Crippen LogP contribution in [0.1, 0.15) is 11.1 Å². The Morgan fingerprint density at radius 1 is 0.926 bits per heavy atom. The van der Waals surface area contributed by atoms with E-state index in [9.17, 15) is 0 Å². The van der Waals surface area contributed by atoms with Crippen LogP contribution in [0.5, 0.6) is 0 Å². The Morgan fingerprint density at radius 3 is 2.67 bits per heavy atom. The van der Waals surface area contributed by atoms with Gasteiger partial charge in [-0.15, -0.1) is 0 Å². The number of rotatable bonds is 1. The van der Waals surface area contributed by atoms with Gasteiger partial charge in [0.25, 0.3) is 0 Å². The molecule has 0 radical (unpaired) electrons. The molecule has 3 aliphatic rings. The summed E-state index contributed by atoms with van der Waals surface area (Å²) in [5.41, 5.74) is 9.22. The minimum absolute atomic E-state index is 0.572. The Hall–Kier alpha value is -2.72. The van der Waals surface area contributed by atoms with Crippen molar-refractivity contribution in [3.8, 4) is 11.1 Å². The molecule has 0 fully saturated rings. The van der Waals surface area contributed by atoms with E-state index in [-0.39, 0.29) is 0 Å². The zero-order chi connectivity index (χ0) is 18.0. The van der Waals surface area contributed by atoms with Gasteiger partial charge in [-0.25, -0.2) is 0 Å². The van der Waals surface area contributed by atoms with Crippen molar-refractivity contribution in [1.82, 2.24) is 0 Å². The quantitative estimate of drug-likeness (QED) is 0.442. The topological polar surface area (TPSA) is 12.5 Å². The van der Waals surface area contributed by atoms with Gasteiger partial charge in [0.1, 0.15) is 0 Å². The van der Waals surface area contributed by atoms with Crippen molar-refractivity contribution in [3.05, 3.63) is 94.1 Å². The van der Waals surface area contributed by atoms with Gasteiger partial charge in [-0.2, -0.15) is 0 Å². The fraction of sp³-hybridized carbons (Fsp3) is 0.0833. The van der Waals surface area contributed by atoms with E-state index in [1.54, 1.807) is 0 Å². The summed E-state index contributed by atoms with van der Waals surface area (Å²) in [5.74, 6) is 0. The third-order valence-corrected chi connectivity index (χ3v) is 7.22. The maximum absolute atomic E-state index is 5.82. The van der Waals surface area contributed by atoms with Crippen molar-refractivity contribution >= 4 is 38.4 Å². The Balaban J connectivity index is 1.60. The Kier molecular flexibility index (Phi) is 3.21. The van der Waals surface area contributed by atoms with E-state index in [2.05, 4.69) is 71.6 Å². The molecule has 27 heavy (non-hydrogen) atoms. The summed E-state index contributed by atoms with van der Waals surface area (Å²) >= 11 is 0.715. The predicted molar refractivity (Wildman–Crippen MR) is 114 cm³/mol. The molecule has 130 valence electrons. The van der Waals surface area contributed by atoms with E-state index in [1.165, 1.54) is 54.0 Å². The van der Waals surface area contributed by atoms with E-state index >= 15 is 0 Å². The first kappa shape index (κ1) is 15.4. The molecule has 0 amide bonds. The molecule has 0 N–H and O–H groups in total. The number of hydrogen-bond acceptors (Lipinski definition) is 2. The molecule has 0 bridgehead atoms. The molecule has 3 aromatic rings. The molecule has 0 atom stereocenters. The Bertz CT molecular complexity index is 1250. The number of ether oxygens (including phenoxy) is 1. The van der Waals surface area contributed by atoms with E-state index < -0.39 is 0 Å².